The minimum atomic E-state index is 0.571. The smallest absolute Gasteiger partial charge is 0.224 e. The predicted molar refractivity (Wildman–Crippen MR) is 91.0 cm³/mol. The van der Waals surface area contributed by atoms with Crippen LogP contribution in [0.15, 0.2) is 24.3 Å². The van der Waals surface area contributed by atoms with Crippen LogP contribution in [0.25, 0.3) is 0 Å². The Morgan fingerprint density at radius 1 is 1.09 bits per heavy atom. The van der Waals surface area contributed by atoms with Gasteiger partial charge in [-0.2, -0.15) is 4.98 Å². The Balaban J connectivity index is 1.86. The van der Waals surface area contributed by atoms with Crippen LogP contribution < -0.4 is 20.1 Å². The lowest BCUT2D eigenvalue weighted by Crippen LogP contribution is -2.06. The van der Waals surface area contributed by atoms with E-state index in [1.165, 1.54) is 12.8 Å². The Kier molecular flexibility index (Phi) is 4.50. The molecular weight excluding hydrogens is 292 g/mol. The molecule has 0 unspecified atom stereocenters. The van der Waals surface area contributed by atoms with Crippen LogP contribution >= 0.6 is 0 Å². The van der Waals surface area contributed by atoms with Crippen molar-refractivity contribution in [1.29, 1.82) is 0 Å². The van der Waals surface area contributed by atoms with Crippen LogP contribution in [-0.4, -0.2) is 30.7 Å². The number of nitrogens with one attached hydrogen (secondary N) is 2. The van der Waals surface area contributed by atoms with Gasteiger partial charge in [0.2, 0.25) is 5.95 Å². The summed E-state index contributed by atoms with van der Waals surface area (Å²) in [6, 6.07) is 7.72. The summed E-state index contributed by atoms with van der Waals surface area (Å²) in [6.45, 7) is 2.83. The highest BCUT2D eigenvalue weighted by Crippen LogP contribution is 2.40. The van der Waals surface area contributed by atoms with E-state index in [1.54, 1.807) is 14.2 Å². The molecule has 3 rings (SSSR count). The SMILES string of the molecule is CCNc1nc(Nc2ccc(OC)c(OC)c2)cc(C2CC2)n1. The highest BCUT2D eigenvalue weighted by atomic mass is 16.5. The molecule has 2 aromatic rings. The first kappa shape index (κ1) is 15.4. The van der Waals surface area contributed by atoms with E-state index in [2.05, 4.69) is 20.6 Å². The van der Waals surface area contributed by atoms with Crippen molar-refractivity contribution in [3.05, 3.63) is 30.0 Å². The molecule has 0 amide bonds. The molecule has 0 saturated heterocycles. The Morgan fingerprint density at radius 2 is 1.87 bits per heavy atom. The Labute approximate surface area is 136 Å². The summed E-state index contributed by atoms with van der Waals surface area (Å²) in [5.74, 6) is 3.40. The fourth-order valence-corrected chi connectivity index (χ4v) is 2.42. The molecule has 1 saturated carbocycles. The number of nitrogens with zero attached hydrogens (tertiary/aromatic N) is 2. The van der Waals surface area contributed by atoms with Crippen LogP contribution in [0, 0.1) is 0 Å². The topological polar surface area (TPSA) is 68.3 Å². The molecule has 0 aliphatic heterocycles. The van der Waals surface area contributed by atoms with E-state index < -0.39 is 0 Å². The van der Waals surface area contributed by atoms with Crippen LogP contribution in [-0.2, 0) is 0 Å². The summed E-state index contributed by atoms with van der Waals surface area (Å²) in [5.41, 5.74) is 1.99. The minimum Gasteiger partial charge on any atom is -0.493 e. The van der Waals surface area contributed by atoms with Gasteiger partial charge in [0.15, 0.2) is 11.5 Å². The number of hydrogen-bond acceptors (Lipinski definition) is 6. The van der Waals surface area contributed by atoms with Crippen LogP contribution in [0.3, 0.4) is 0 Å². The van der Waals surface area contributed by atoms with Crippen molar-refractivity contribution in [2.75, 3.05) is 31.4 Å². The molecule has 1 aliphatic carbocycles. The molecule has 0 spiro atoms. The maximum Gasteiger partial charge on any atom is 0.224 e. The molecule has 122 valence electrons. The van der Waals surface area contributed by atoms with Crippen LogP contribution in [0.4, 0.5) is 17.5 Å². The van der Waals surface area contributed by atoms with Gasteiger partial charge in [0.05, 0.1) is 19.9 Å². The van der Waals surface area contributed by atoms with E-state index in [1.807, 2.05) is 31.2 Å². The normalized spacial score (nSPS) is 13.5. The van der Waals surface area contributed by atoms with E-state index in [0.29, 0.717) is 23.4 Å². The zero-order valence-corrected chi connectivity index (χ0v) is 13.7. The lowest BCUT2D eigenvalue weighted by atomic mass is 10.2. The van der Waals surface area contributed by atoms with Gasteiger partial charge in [-0.15, -0.1) is 0 Å². The average Bonchev–Trinajstić information content (AvgIpc) is 3.40. The molecule has 23 heavy (non-hydrogen) atoms. The molecule has 1 heterocycles. The van der Waals surface area contributed by atoms with Crippen molar-refractivity contribution >= 4 is 17.5 Å². The van der Waals surface area contributed by atoms with Crippen LogP contribution in [0.5, 0.6) is 11.5 Å². The maximum absolute atomic E-state index is 5.34. The number of benzene rings is 1. The van der Waals surface area contributed by atoms with Gasteiger partial charge in [0, 0.05) is 30.3 Å². The summed E-state index contributed by atoms with van der Waals surface area (Å²) >= 11 is 0. The molecule has 1 fully saturated rings. The molecule has 1 aromatic heterocycles. The average molecular weight is 314 g/mol. The second-order valence-corrected chi connectivity index (χ2v) is 5.50. The van der Waals surface area contributed by atoms with Crippen molar-refractivity contribution in [3.63, 3.8) is 0 Å². The molecule has 2 N–H and O–H groups in total. The van der Waals surface area contributed by atoms with E-state index in [0.717, 1.165) is 23.7 Å². The number of methoxy groups -OCH3 is 2. The van der Waals surface area contributed by atoms with E-state index in [-0.39, 0.29) is 0 Å². The third-order valence-corrected chi connectivity index (χ3v) is 3.73. The first-order valence-corrected chi connectivity index (χ1v) is 7.85. The third-order valence-electron chi connectivity index (χ3n) is 3.73. The summed E-state index contributed by atoms with van der Waals surface area (Å²) in [7, 11) is 3.25. The van der Waals surface area contributed by atoms with Gasteiger partial charge in [-0.05, 0) is 31.9 Å². The fraction of sp³-hybridized carbons (Fsp3) is 0.412. The van der Waals surface area contributed by atoms with Gasteiger partial charge in [-0.1, -0.05) is 0 Å². The van der Waals surface area contributed by atoms with Crippen LogP contribution in [0.2, 0.25) is 0 Å². The van der Waals surface area contributed by atoms with Crippen LogP contribution in [0.1, 0.15) is 31.4 Å². The largest absolute Gasteiger partial charge is 0.493 e. The molecule has 6 heteroatoms. The van der Waals surface area contributed by atoms with E-state index >= 15 is 0 Å². The highest BCUT2D eigenvalue weighted by molar-refractivity contribution is 5.62. The predicted octanol–water partition coefficient (Wildman–Crippen LogP) is 3.55. The molecule has 0 radical (unpaired) electrons. The number of hydrogen-bond donors (Lipinski definition) is 2. The number of anilines is 3. The van der Waals surface area contributed by atoms with Crippen molar-refractivity contribution in [3.8, 4) is 11.5 Å². The molecule has 0 bridgehead atoms. The van der Waals surface area contributed by atoms with Crippen molar-refractivity contribution < 1.29 is 9.47 Å². The molecule has 1 aromatic carbocycles. The second kappa shape index (κ2) is 6.73. The van der Waals surface area contributed by atoms with Crippen molar-refractivity contribution in [1.82, 2.24) is 9.97 Å². The monoisotopic (exact) mass is 314 g/mol. The van der Waals surface area contributed by atoms with Crippen molar-refractivity contribution in [2.24, 2.45) is 0 Å². The highest BCUT2D eigenvalue weighted by Gasteiger charge is 2.26. The van der Waals surface area contributed by atoms with Gasteiger partial charge in [-0.25, -0.2) is 4.98 Å². The van der Waals surface area contributed by atoms with Gasteiger partial charge in [0.25, 0.3) is 0 Å². The van der Waals surface area contributed by atoms with E-state index in [9.17, 15) is 0 Å². The Morgan fingerprint density at radius 3 is 2.52 bits per heavy atom. The Bertz CT molecular complexity index is 686. The minimum absolute atomic E-state index is 0.571. The van der Waals surface area contributed by atoms with Gasteiger partial charge in [0.1, 0.15) is 5.82 Å². The maximum atomic E-state index is 5.34. The fourth-order valence-electron chi connectivity index (χ4n) is 2.42. The van der Waals surface area contributed by atoms with Gasteiger partial charge < -0.3 is 20.1 Å². The van der Waals surface area contributed by atoms with Gasteiger partial charge in [-0.3, -0.25) is 0 Å². The summed E-state index contributed by atoms with van der Waals surface area (Å²) in [5, 5.41) is 6.52. The number of aromatic nitrogens is 2. The molecule has 6 nitrogen and oxygen atoms in total. The van der Waals surface area contributed by atoms with E-state index in [4.69, 9.17) is 9.47 Å². The zero-order chi connectivity index (χ0) is 16.2. The second-order valence-electron chi connectivity index (χ2n) is 5.50. The lowest BCUT2D eigenvalue weighted by Gasteiger charge is -2.12. The van der Waals surface area contributed by atoms with Crippen molar-refractivity contribution in [2.45, 2.75) is 25.7 Å². The summed E-state index contributed by atoms with van der Waals surface area (Å²) in [4.78, 5) is 9.10. The first-order valence-electron chi connectivity index (χ1n) is 7.85. The third kappa shape index (κ3) is 3.64. The molecular formula is C17H22N4O2. The summed E-state index contributed by atoms with van der Waals surface area (Å²) < 4.78 is 10.6. The number of ether oxygens (including phenoxy) is 2. The first-order chi connectivity index (χ1) is 11.2. The zero-order valence-electron chi connectivity index (χ0n) is 13.7. The molecule has 0 atom stereocenters. The standard InChI is InChI=1S/C17H22N4O2/c1-4-18-17-20-13(11-5-6-11)10-16(21-17)19-12-7-8-14(22-2)15(9-12)23-3/h7-11H,4-6H2,1-3H3,(H2,18,19,20,21). The molecule has 1 aliphatic rings. The Hall–Kier alpha value is -2.50. The van der Waals surface area contributed by atoms with Gasteiger partial charge >= 0.3 is 0 Å². The summed E-state index contributed by atoms with van der Waals surface area (Å²) in [6.07, 6.45) is 2.41. The quantitative estimate of drug-likeness (QED) is 0.814. The lowest BCUT2D eigenvalue weighted by molar-refractivity contribution is 0.355. The number of rotatable bonds is 7.